The molecule has 1 saturated carbocycles. The molecule has 0 radical (unpaired) electrons. The number of halogens is 1. The molecule has 0 unspecified atom stereocenters. The van der Waals surface area contributed by atoms with Crippen molar-refractivity contribution in [3.05, 3.63) is 53.6 Å². The Hall–Kier alpha value is -3.23. The zero-order chi connectivity index (χ0) is 19.5. The average molecular weight is 385 g/mol. The van der Waals surface area contributed by atoms with E-state index in [0.717, 1.165) is 12.8 Å². The summed E-state index contributed by atoms with van der Waals surface area (Å²) >= 11 is 0. The second-order valence-corrected chi connectivity index (χ2v) is 6.65. The van der Waals surface area contributed by atoms with Gasteiger partial charge in [0.05, 0.1) is 13.1 Å². The summed E-state index contributed by atoms with van der Waals surface area (Å²) in [5.41, 5.74) is 0.733. The highest BCUT2D eigenvalue weighted by Gasteiger charge is 2.30. The first kappa shape index (κ1) is 18.1. The van der Waals surface area contributed by atoms with Crippen molar-refractivity contribution in [3.63, 3.8) is 0 Å². The lowest BCUT2D eigenvalue weighted by Gasteiger charge is -2.19. The SMILES string of the molecule is CCN(Cc1noc(C2CC2)n1)C(=O)NCc1cc(-c2ccccc2F)no1. The van der Waals surface area contributed by atoms with Crippen LogP contribution < -0.4 is 5.32 Å². The average Bonchev–Trinajstić information content (AvgIpc) is 3.26. The van der Waals surface area contributed by atoms with Gasteiger partial charge in [0.1, 0.15) is 11.5 Å². The maximum absolute atomic E-state index is 13.8. The lowest BCUT2D eigenvalue weighted by molar-refractivity contribution is 0.194. The van der Waals surface area contributed by atoms with E-state index in [1.54, 1.807) is 29.2 Å². The largest absolute Gasteiger partial charge is 0.359 e. The third-order valence-corrected chi connectivity index (χ3v) is 4.53. The molecule has 0 saturated heterocycles. The van der Waals surface area contributed by atoms with Gasteiger partial charge in [-0.05, 0) is 31.9 Å². The fraction of sp³-hybridized carbons (Fsp3) is 0.368. The molecular weight excluding hydrogens is 365 g/mol. The smallest absolute Gasteiger partial charge is 0.318 e. The Labute approximate surface area is 160 Å². The van der Waals surface area contributed by atoms with E-state index in [0.29, 0.717) is 41.2 Å². The zero-order valence-electron chi connectivity index (χ0n) is 15.4. The maximum atomic E-state index is 13.8. The van der Waals surface area contributed by atoms with Gasteiger partial charge in [-0.25, -0.2) is 9.18 Å². The van der Waals surface area contributed by atoms with Crippen molar-refractivity contribution in [1.29, 1.82) is 0 Å². The predicted octanol–water partition coefficient (Wildman–Crippen LogP) is 3.47. The van der Waals surface area contributed by atoms with E-state index >= 15 is 0 Å². The second kappa shape index (κ2) is 7.79. The number of aromatic nitrogens is 3. The van der Waals surface area contributed by atoms with Crippen LogP contribution in [-0.2, 0) is 13.1 Å². The summed E-state index contributed by atoms with van der Waals surface area (Å²) in [4.78, 5) is 18.3. The first-order valence-electron chi connectivity index (χ1n) is 9.19. The topological polar surface area (TPSA) is 97.3 Å². The third-order valence-electron chi connectivity index (χ3n) is 4.53. The molecule has 2 amide bonds. The van der Waals surface area contributed by atoms with Crippen molar-refractivity contribution in [2.24, 2.45) is 0 Å². The first-order valence-corrected chi connectivity index (χ1v) is 9.19. The van der Waals surface area contributed by atoms with Gasteiger partial charge in [-0.3, -0.25) is 0 Å². The Balaban J connectivity index is 1.34. The van der Waals surface area contributed by atoms with Crippen LogP contribution in [0.4, 0.5) is 9.18 Å². The number of benzene rings is 1. The van der Waals surface area contributed by atoms with Crippen LogP contribution in [0.15, 0.2) is 39.4 Å². The molecule has 3 aromatic rings. The van der Waals surface area contributed by atoms with Crippen molar-refractivity contribution in [3.8, 4) is 11.3 Å². The van der Waals surface area contributed by atoms with Crippen molar-refractivity contribution in [1.82, 2.24) is 25.5 Å². The molecule has 1 fully saturated rings. The molecule has 1 N–H and O–H groups in total. The van der Waals surface area contributed by atoms with Crippen LogP contribution in [0.25, 0.3) is 11.3 Å². The maximum Gasteiger partial charge on any atom is 0.318 e. The summed E-state index contributed by atoms with van der Waals surface area (Å²) in [6.07, 6.45) is 2.15. The van der Waals surface area contributed by atoms with E-state index in [-0.39, 0.29) is 24.9 Å². The number of carbonyl (C=O) groups excluding carboxylic acids is 1. The van der Waals surface area contributed by atoms with E-state index in [1.807, 2.05) is 6.92 Å². The number of nitrogens with zero attached hydrogens (tertiary/aromatic N) is 4. The second-order valence-electron chi connectivity index (χ2n) is 6.65. The summed E-state index contributed by atoms with van der Waals surface area (Å²) in [7, 11) is 0. The van der Waals surface area contributed by atoms with E-state index in [1.165, 1.54) is 6.07 Å². The van der Waals surface area contributed by atoms with Gasteiger partial charge in [0.2, 0.25) is 5.89 Å². The highest BCUT2D eigenvalue weighted by molar-refractivity contribution is 5.74. The summed E-state index contributed by atoms with van der Waals surface area (Å²) in [6, 6.07) is 7.63. The fourth-order valence-electron chi connectivity index (χ4n) is 2.79. The summed E-state index contributed by atoms with van der Waals surface area (Å²) in [6.45, 7) is 2.74. The Kier molecular flexibility index (Phi) is 5.05. The van der Waals surface area contributed by atoms with Gasteiger partial charge in [-0.2, -0.15) is 4.98 Å². The van der Waals surface area contributed by atoms with Crippen LogP contribution >= 0.6 is 0 Å². The molecule has 28 heavy (non-hydrogen) atoms. The molecular formula is C19H20FN5O3. The number of carbonyl (C=O) groups is 1. The molecule has 2 heterocycles. The monoisotopic (exact) mass is 385 g/mol. The van der Waals surface area contributed by atoms with E-state index in [4.69, 9.17) is 9.05 Å². The molecule has 1 aromatic carbocycles. The third kappa shape index (κ3) is 4.03. The number of hydrogen-bond acceptors (Lipinski definition) is 6. The van der Waals surface area contributed by atoms with Gasteiger partial charge in [-0.15, -0.1) is 0 Å². The van der Waals surface area contributed by atoms with Crippen LogP contribution in [0.2, 0.25) is 0 Å². The van der Waals surface area contributed by atoms with Crippen LogP contribution in [0.1, 0.15) is 43.2 Å². The molecule has 1 aliphatic rings. The number of nitrogens with one attached hydrogen (secondary N) is 1. The van der Waals surface area contributed by atoms with Gasteiger partial charge in [0.15, 0.2) is 11.6 Å². The Morgan fingerprint density at radius 1 is 1.29 bits per heavy atom. The van der Waals surface area contributed by atoms with Crippen molar-refractivity contribution >= 4 is 6.03 Å². The van der Waals surface area contributed by atoms with Crippen molar-refractivity contribution < 1.29 is 18.2 Å². The molecule has 9 heteroatoms. The molecule has 1 aliphatic carbocycles. The highest BCUT2D eigenvalue weighted by atomic mass is 19.1. The quantitative estimate of drug-likeness (QED) is 0.669. The summed E-state index contributed by atoms with van der Waals surface area (Å²) < 4.78 is 24.3. The number of rotatable bonds is 7. The Morgan fingerprint density at radius 3 is 2.86 bits per heavy atom. The van der Waals surface area contributed by atoms with Gasteiger partial charge in [-0.1, -0.05) is 22.4 Å². The Morgan fingerprint density at radius 2 is 2.11 bits per heavy atom. The lowest BCUT2D eigenvalue weighted by atomic mass is 10.1. The van der Waals surface area contributed by atoms with Crippen molar-refractivity contribution in [2.45, 2.75) is 38.8 Å². The molecule has 2 aromatic heterocycles. The lowest BCUT2D eigenvalue weighted by Crippen LogP contribution is -2.39. The molecule has 4 rings (SSSR count). The van der Waals surface area contributed by atoms with Crippen LogP contribution in [0, 0.1) is 5.82 Å². The van der Waals surface area contributed by atoms with Crippen LogP contribution in [0.3, 0.4) is 0 Å². The molecule has 146 valence electrons. The number of hydrogen-bond donors (Lipinski definition) is 1. The molecule has 0 atom stereocenters. The standard InChI is InChI=1S/C19H20FN5O3/c1-2-25(11-17-22-18(28-24-17)12-7-8-12)19(26)21-10-13-9-16(23-27-13)14-5-3-4-6-15(14)20/h3-6,9,12H,2,7-8,10-11H2,1H3,(H,21,26). The Bertz CT molecular complexity index is 966. The van der Waals surface area contributed by atoms with Gasteiger partial charge < -0.3 is 19.3 Å². The van der Waals surface area contributed by atoms with E-state index < -0.39 is 0 Å². The van der Waals surface area contributed by atoms with Gasteiger partial charge >= 0.3 is 6.03 Å². The summed E-state index contributed by atoms with van der Waals surface area (Å²) in [5.74, 6) is 1.56. The highest BCUT2D eigenvalue weighted by Crippen LogP contribution is 2.38. The van der Waals surface area contributed by atoms with Gasteiger partial charge in [0, 0.05) is 24.1 Å². The van der Waals surface area contributed by atoms with E-state index in [9.17, 15) is 9.18 Å². The minimum Gasteiger partial charge on any atom is -0.359 e. The first-order chi connectivity index (χ1) is 13.6. The molecule has 0 spiro atoms. The van der Waals surface area contributed by atoms with Crippen LogP contribution in [-0.4, -0.2) is 32.8 Å². The normalized spacial score (nSPS) is 13.5. The van der Waals surface area contributed by atoms with Crippen molar-refractivity contribution in [2.75, 3.05) is 6.54 Å². The molecule has 0 bridgehead atoms. The van der Waals surface area contributed by atoms with E-state index in [2.05, 4.69) is 20.6 Å². The minimum absolute atomic E-state index is 0.135. The predicted molar refractivity (Wildman–Crippen MR) is 96.5 cm³/mol. The zero-order valence-corrected chi connectivity index (χ0v) is 15.4. The number of amides is 2. The molecule has 8 nitrogen and oxygen atoms in total. The number of urea groups is 1. The van der Waals surface area contributed by atoms with Crippen LogP contribution in [0.5, 0.6) is 0 Å². The van der Waals surface area contributed by atoms with Gasteiger partial charge in [0.25, 0.3) is 0 Å². The minimum atomic E-state index is -0.380. The molecule has 0 aliphatic heterocycles. The summed E-state index contributed by atoms with van der Waals surface area (Å²) in [5, 5.41) is 10.6. The fourth-order valence-corrected chi connectivity index (χ4v) is 2.79.